The minimum Gasteiger partial charge on any atom is -0.396 e. The van der Waals surface area contributed by atoms with Crippen molar-refractivity contribution >= 4 is 17.8 Å². The lowest BCUT2D eigenvalue weighted by molar-refractivity contribution is 0.224. The average molecular weight is 312 g/mol. The van der Waals surface area contributed by atoms with Crippen molar-refractivity contribution in [2.24, 2.45) is 0 Å². The fraction of sp³-hybridized carbons (Fsp3) is 0.533. The Morgan fingerprint density at radius 2 is 2.38 bits per heavy atom. The molecule has 1 aromatic rings. The van der Waals surface area contributed by atoms with E-state index in [1.54, 1.807) is 17.8 Å². The van der Waals surface area contributed by atoms with E-state index in [0.29, 0.717) is 6.42 Å². The van der Waals surface area contributed by atoms with Gasteiger partial charge in [0.25, 0.3) is 0 Å². The lowest BCUT2D eigenvalue weighted by Crippen LogP contribution is -2.44. The van der Waals surface area contributed by atoms with E-state index in [2.05, 4.69) is 10.6 Å². The van der Waals surface area contributed by atoms with Crippen molar-refractivity contribution in [3.05, 3.63) is 29.6 Å². The number of nitrogens with one attached hydrogen (secondary N) is 2. The van der Waals surface area contributed by atoms with Gasteiger partial charge in [0.05, 0.1) is 6.04 Å². The van der Waals surface area contributed by atoms with E-state index >= 15 is 0 Å². The fourth-order valence-corrected chi connectivity index (χ4v) is 3.54. The summed E-state index contributed by atoms with van der Waals surface area (Å²) in [5.41, 5.74) is 0.844. The van der Waals surface area contributed by atoms with Gasteiger partial charge in [0.2, 0.25) is 0 Å². The topological polar surface area (TPSA) is 61.4 Å². The van der Waals surface area contributed by atoms with Crippen LogP contribution in [0.15, 0.2) is 23.1 Å². The zero-order valence-corrected chi connectivity index (χ0v) is 12.9. The number of hydrogen-bond donors (Lipinski definition) is 3. The first-order chi connectivity index (χ1) is 10.1. The molecule has 0 aliphatic carbocycles. The monoisotopic (exact) mass is 312 g/mol. The van der Waals surface area contributed by atoms with Crippen LogP contribution in [0.25, 0.3) is 0 Å². The molecule has 116 valence electrons. The minimum absolute atomic E-state index is 0.0417. The summed E-state index contributed by atoms with van der Waals surface area (Å²) in [7, 11) is 0. The number of aliphatic hydroxyl groups is 1. The quantitative estimate of drug-likeness (QED) is 0.783. The van der Waals surface area contributed by atoms with E-state index in [-0.39, 0.29) is 30.5 Å². The van der Waals surface area contributed by atoms with Crippen molar-refractivity contribution in [2.75, 3.05) is 12.4 Å². The first kappa shape index (κ1) is 16.1. The maximum absolute atomic E-state index is 13.4. The molecule has 2 atom stereocenters. The molecule has 1 aliphatic rings. The average Bonchev–Trinajstić information content (AvgIpc) is 2.47. The van der Waals surface area contributed by atoms with Crippen molar-refractivity contribution in [1.82, 2.24) is 10.6 Å². The van der Waals surface area contributed by atoms with Crippen LogP contribution in [0.1, 0.15) is 37.8 Å². The molecule has 21 heavy (non-hydrogen) atoms. The maximum atomic E-state index is 13.4. The number of rotatable bonds is 5. The number of hydrogen-bond acceptors (Lipinski definition) is 3. The van der Waals surface area contributed by atoms with Crippen molar-refractivity contribution in [2.45, 2.75) is 43.2 Å². The van der Waals surface area contributed by atoms with Crippen LogP contribution >= 0.6 is 11.8 Å². The molecule has 0 radical (unpaired) electrons. The molecule has 6 heteroatoms. The van der Waals surface area contributed by atoms with Gasteiger partial charge >= 0.3 is 6.03 Å². The van der Waals surface area contributed by atoms with E-state index in [0.717, 1.165) is 29.1 Å². The molecule has 0 spiro atoms. The van der Waals surface area contributed by atoms with Crippen LogP contribution in [-0.4, -0.2) is 29.5 Å². The molecule has 2 amide bonds. The highest BCUT2D eigenvalue weighted by molar-refractivity contribution is 7.99. The van der Waals surface area contributed by atoms with Crippen molar-refractivity contribution < 1.29 is 14.3 Å². The molecular formula is C15H21FN2O2S. The normalized spacial score (nSPS) is 18.7. The summed E-state index contributed by atoms with van der Waals surface area (Å²) < 4.78 is 13.4. The fourth-order valence-electron chi connectivity index (χ4n) is 2.43. The molecule has 2 unspecified atom stereocenters. The first-order valence-electron chi connectivity index (χ1n) is 7.24. The Bertz CT molecular complexity index is 499. The van der Waals surface area contributed by atoms with E-state index in [1.807, 2.05) is 6.92 Å². The third kappa shape index (κ3) is 4.35. The summed E-state index contributed by atoms with van der Waals surface area (Å²) >= 11 is 1.68. The summed E-state index contributed by atoms with van der Waals surface area (Å²) in [6, 6.07) is 4.24. The third-order valence-electron chi connectivity index (χ3n) is 3.62. The van der Waals surface area contributed by atoms with Gasteiger partial charge in [0.1, 0.15) is 5.82 Å². The van der Waals surface area contributed by atoms with Crippen LogP contribution < -0.4 is 10.6 Å². The third-order valence-corrected chi connectivity index (χ3v) is 4.74. The Kier molecular flexibility index (Phi) is 5.87. The van der Waals surface area contributed by atoms with Gasteiger partial charge in [-0.05, 0) is 43.0 Å². The van der Waals surface area contributed by atoms with Gasteiger partial charge in [0.15, 0.2) is 0 Å². The Labute approximate surface area is 128 Å². The molecule has 4 nitrogen and oxygen atoms in total. The highest BCUT2D eigenvalue weighted by Gasteiger charge is 2.23. The van der Waals surface area contributed by atoms with Crippen LogP contribution in [0, 0.1) is 5.82 Å². The van der Waals surface area contributed by atoms with Gasteiger partial charge in [-0.2, -0.15) is 0 Å². The second-order valence-corrected chi connectivity index (χ2v) is 6.24. The molecule has 0 saturated carbocycles. The number of amides is 2. The molecule has 0 bridgehead atoms. The van der Waals surface area contributed by atoms with Crippen molar-refractivity contribution in [3.8, 4) is 0 Å². The molecule has 1 heterocycles. The summed E-state index contributed by atoms with van der Waals surface area (Å²) in [5, 5.41) is 14.7. The number of aliphatic hydroxyl groups excluding tert-OH is 1. The summed E-state index contributed by atoms with van der Waals surface area (Å²) in [5.74, 6) is 0.618. The summed E-state index contributed by atoms with van der Waals surface area (Å²) in [6.45, 7) is 2.01. The predicted octanol–water partition coefficient (Wildman–Crippen LogP) is 2.82. The predicted molar refractivity (Wildman–Crippen MR) is 81.9 cm³/mol. The first-order valence-corrected chi connectivity index (χ1v) is 8.22. The van der Waals surface area contributed by atoms with Crippen molar-refractivity contribution in [3.63, 3.8) is 0 Å². The maximum Gasteiger partial charge on any atom is 0.315 e. The lowest BCUT2D eigenvalue weighted by Gasteiger charge is -2.27. The Hall–Kier alpha value is -1.27. The molecule has 2 rings (SSSR count). The molecule has 0 saturated heterocycles. The Morgan fingerprint density at radius 3 is 3.10 bits per heavy atom. The molecule has 1 aromatic carbocycles. The molecular weight excluding hydrogens is 291 g/mol. The zero-order valence-electron chi connectivity index (χ0n) is 12.1. The van der Waals surface area contributed by atoms with Gasteiger partial charge in [-0.15, -0.1) is 11.8 Å². The van der Waals surface area contributed by atoms with Gasteiger partial charge in [0, 0.05) is 23.3 Å². The van der Waals surface area contributed by atoms with Crippen LogP contribution in [0.5, 0.6) is 0 Å². The molecule has 0 fully saturated rings. The van der Waals surface area contributed by atoms with Crippen LogP contribution in [0.2, 0.25) is 0 Å². The smallest absolute Gasteiger partial charge is 0.315 e. The van der Waals surface area contributed by atoms with E-state index in [1.165, 1.54) is 12.1 Å². The number of urea groups is 1. The number of carbonyl (C=O) groups excluding carboxylic acids is 1. The highest BCUT2D eigenvalue weighted by atomic mass is 32.2. The Balaban J connectivity index is 2.01. The van der Waals surface area contributed by atoms with E-state index < -0.39 is 0 Å². The van der Waals surface area contributed by atoms with Crippen LogP contribution in [0.3, 0.4) is 0 Å². The Morgan fingerprint density at radius 1 is 1.57 bits per heavy atom. The largest absolute Gasteiger partial charge is 0.396 e. The summed E-state index contributed by atoms with van der Waals surface area (Å²) in [6.07, 6.45) is 2.08. The second-order valence-electron chi connectivity index (χ2n) is 5.11. The van der Waals surface area contributed by atoms with Crippen LogP contribution in [0.4, 0.5) is 9.18 Å². The van der Waals surface area contributed by atoms with E-state index in [9.17, 15) is 9.18 Å². The zero-order chi connectivity index (χ0) is 15.2. The second kappa shape index (κ2) is 7.66. The van der Waals surface area contributed by atoms with Gasteiger partial charge in [-0.25, -0.2) is 9.18 Å². The SMILES string of the molecule is CCC(CCO)NC(=O)NC1CCSc2ccc(F)cc21. The van der Waals surface area contributed by atoms with Gasteiger partial charge < -0.3 is 15.7 Å². The molecule has 3 N–H and O–H groups in total. The van der Waals surface area contributed by atoms with E-state index in [4.69, 9.17) is 5.11 Å². The van der Waals surface area contributed by atoms with Crippen molar-refractivity contribution in [1.29, 1.82) is 0 Å². The highest BCUT2D eigenvalue weighted by Crippen LogP contribution is 2.36. The molecule has 0 aromatic heterocycles. The standard InChI is InChI=1S/C15H21FN2O2S/c1-2-11(5-7-19)17-15(20)18-13-6-8-21-14-4-3-10(16)9-12(13)14/h3-4,9,11,13,19H,2,5-8H2,1H3,(H2,17,18,20). The lowest BCUT2D eigenvalue weighted by atomic mass is 10.0. The molecule has 1 aliphatic heterocycles. The number of fused-ring (bicyclic) bond motifs is 1. The summed E-state index contributed by atoms with van der Waals surface area (Å²) in [4.78, 5) is 13.1. The van der Waals surface area contributed by atoms with Crippen LogP contribution in [-0.2, 0) is 0 Å². The number of benzene rings is 1. The van der Waals surface area contributed by atoms with Gasteiger partial charge in [-0.1, -0.05) is 6.92 Å². The number of thioether (sulfide) groups is 1. The van der Waals surface area contributed by atoms with Gasteiger partial charge in [-0.3, -0.25) is 0 Å². The minimum atomic E-state index is -0.282. The number of halogens is 1. The number of carbonyl (C=O) groups is 1.